The predicted octanol–water partition coefficient (Wildman–Crippen LogP) is 7.37. The molecule has 37 heavy (non-hydrogen) atoms. The van der Waals surface area contributed by atoms with Gasteiger partial charge in [0.05, 0.1) is 35.8 Å². The average Bonchev–Trinajstić information content (AvgIpc) is 3.61. The first-order valence-electron chi connectivity index (χ1n) is 11.8. The van der Waals surface area contributed by atoms with Crippen LogP contribution in [0.1, 0.15) is 40.0 Å². The van der Waals surface area contributed by atoms with Gasteiger partial charge in [0, 0.05) is 15.4 Å². The van der Waals surface area contributed by atoms with Crippen molar-refractivity contribution in [2.45, 2.75) is 44.3 Å². The number of esters is 1. The highest BCUT2D eigenvalue weighted by Gasteiger charge is 2.35. The Hall–Kier alpha value is -2.63. The molecule has 1 atom stereocenters. The number of hydrogen-bond acceptors (Lipinski definition) is 8. The molecule has 0 saturated heterocycles. The van der Waals surface area contributed by atoms with E-state index in [1.54, 1.807) is 24.3 Å². The fourth-order valence-electron chi connectivity index (χ4n) is 3.67. The van der Waals surface area contributed by atoms with Crippen molar-refractivity contribution in [3.63, 3.8) is 0 Å². The summed E-state index contributed by atoms with van der Waals surface area (Å²) in [5, 5.41) is 10.3. The van der Waals surface area contributed by atoms with Crippen LogP contribution in [0.15, 0.2) is 53.3 Å². The number of thiophene rings is 2. The van der Waals surface area contributed by atoms with Gasteiger partial charge in [0.25, 0.3) is 0 Å². The molecule has 5 nitrogen and oxygen atoms in total. The topological polar surface area (TPSA) is 59.6 Å². The molecule has 1 aliphatic heterocycles. The Kier molecular flexibility index (Phi) is 9.44. The number of anilines is 1. The van der Waals surface area contributed by atoms with Crippen molar-refractivity contribution >= 4 is 51.8 Å². The summed E-state index contributed by atoms with van der Waals surface area (Å²) in [6, 6.07) is 11.9. The van der Waals surface area contributed by atoms with E-state index in [-0.39, 0.29) is 30.2 Å². The molecule has 3 aromatic rings. The highest BCUT2D eigenvalue weighted by molar-refractivity contribution is 8.03. The molecular formula is C26H27F3N2O3S3. The highest BCUT2D eigenvalue weighted by atomic mass is 32.2. The summed E-state index contributed by atoms with van der Waals surface area (Å²) in [7, 11) is 0. The van der Waals surface area contributed by atoms with Crippen LogP contribution < -0.4 is 15.4 Å². The summed E-state index contributed by atoms with van der Waals surface area (Å²) in [5.74, 6) is -0.433. The zero-order valence-corrected chi connectivity index (χ0v) is 22.5. The van der Waals surface area contributed by atoms with Crippen LogP contribution in [0.25, 0.3) is 5.70 Å². The lowest BCUT2D eigenvalue weighted by Crippen LogP contribution is -2.28. The van der Waals surface area contributed by atoms with Crippen LogP contribution in [0.4, 0.5) is 18.9 Å². The molecule has 0 aliphatic carbocycles. The van der Waals surface area contributed by atoms with Crippen LogP contribution in [-0.2, 0) is 28.5 Å². The van der Waals surface area contributed by atoms with E-state index in [4.69, 9.17) is 9.47 Å². The summed E-state index contributed by atoms with van der Waals surface area (Å²) in [5.41, 5.74) is 0.0527. The van der Waals surface area contributed by atoms with Crippen LogP contribution in [0, 0.1) is 0 Å². The first-order chi connectivity index (χ1) is 17.8. The van der Waals surface area contributed by atoms with Gasteiger partial charge in [0.1, 0.15) is 11.2 Å². The van der Waals surface area contributed by atoms with Crippen LogP contribution in [0.2, 0.25) is 0 Å². The largest absolute Gasteiger partial charge is 0.493 e. The summed E-state index contributed by atoms with van der Waals surface area (Å²) in [4.78, 5) is 14.8. The van der Waals surface area contributed by atoms with Crippen molar-refractivity contribution in [1.29, 1.82) is 0 Å². The third kappa shape index (κ3) is 7.93. The lowest BCUT2D eigenvalue weighted by atomic mass is 10.1. The predicted molar refractivity (Wildman–Crippen MR) is 145 cm³/mol. The Balaban J connectivity index is 1.31. The number of carbonyl (C=O) groups is 1. The summed E-state index contributed by atoms with van der Waals surface area (Å²) in [6.45, 7) is 2.34. The maximum atomic E-state index is 13.8. The van der Waals surface area contributed by atoms with Crippen LogP contribution in [-0.4, -0.2) is 24.7 Å². The molecule has 1 unspecified atom stereocenters. The zero-order chi connectivity index (χ0) is 26.3. The number of benzene rings is 1. The number of aryl methyl sites for hydroxylation is 1. The van der Waals surface area contributed by atoms with E-state index in [1.807, 2.05) is 29.0 Å². The molecule has 0 fully saturated rings. The number of alkyl halides is 3. The van der Waals surface area contributed by atoms with Gasteiger partial charge in [0.2, 0.25) is 0 Å². The average molecular weight is 569 g/mol. The SMILES string of the molecule is CCOC(=O)Cc1ccc(C2=CSC(Nc3ccc(OCCCCc4cccs4)c(C(F)(F)F)c3)N2)s1. The van der Waals surface area contributed by atoms with Gasteiger partial charge in [-0.1, -0.05) is 17.8 Å². The Labute approximate surface area is 226 Å². The van der Waals surface area contributed by atoms with Gasteiger partial charge in [-0.2, -0.15) is 13.2 Å². The molecule has 2 N–H and O–H groups in total. The van der Waals surface area contributed by atoms with Crippen LogP contribution in [0.3, 0.4) is 0 Å². The van der Waals surface area contributed by atoms with Gasteiger partial charge in [-0.15, -0.1) is 22.7 Å². The van der Waals surface area contributed by atoms with E-state index in [2.05, 4.69) is 16.7 Å². The van der Waals surface area contributed by atoms with E-state index in [0.717, 1.165) is 34.4 Å². The lowest BCUT2D eigenvalue weighted by Gasteiger charge is -2.19. The summed E-state index contributed by atoms with van der Waals surface area (Å²) < 4.78 is 51.8. The number of nitrogens with one attached hydrogen (secondary N) is 2. The van der Waals surface area contributed by atoms with E-state index in [9.17, 15) is 18.0 Å². The van der Waals surface area contributed by atoms with E-state index in [0.29, 0.717) is 18.7 Å². The number of carbonyl (C=O) groups excluding carboxylic acids is 1. The van der Waals surface area contributed by atoms with Gasteiger partial charge in [-0.25, -0.2) is 0 Å². The van der Waals surface area contributed by atoms with Crippen molar-refractivity contribution in [3.8, 4) is 5.75 Å². The number of thioether (sulfide) groups is 1. The van der Waals surface area contributed by atoms with Gasteiger partial charge in [-0.05, 0) is 73.4 Å². The Morgan fingerprint density at radius 1 is 1.14 bits per heavy atom. The molecule has 11 heteroatoms. The smallest absolute Gasteiger partial charge is 0.420 e. The summed E-state index contributed by atoms with van der Waals surface area (Å²) >= 11 is 4.58. The molecule has 4 rings (SSSR count). The molecule has 0 bridgehead atoms. The van der Waals surface area contributed by atoms with E-state index >= 15 is 0 Å². The third-order valence-corrected chi connectivity index (χ3v) is 8.33. The van der Waals surface area contributed by atoms with Crippen molar-refractivity contribution in [2.75, 3.05) is 18.5 Å². The van der Waals surface area contributed by atoms with Crippen LogP contribution in [0.5, 0.6) is 5.75 Å². The molecular weight excluding hydrogens is 541 g/mol. The van der Waals surface area contributed by atoms with Gasteiger partial charge in [0.15, 0.2) is 0 Å². The van der Waals surface area contributed by atoms with Crippen LogP contribution >= 0.6 is 34.4 Å². The molecule has 1 aromatic carbocycles. The van der Waals surface area contributed by atoms with Crippen molar-refractivity contribution in [2.24, 2.45) is 0 Å². The zero-order valence-electron chi connectivity index (χ0n) is 20.1. The standard InChI is InChI=1S/C26H27F3N2O3S3/c1-2-33-24(32)15-19-9-11-23(37-19)21-16-36-25(31-21)30-17-8-10-22(20(14-17)26(27,28)29)34-12-4-3-6-18-7-5-13-35-18/h5,7-11,13-14,16,25,30-31H,2-4,6,12,15H2,1H3. The number of hydrogen-bond donors (Lipinski definition) is 2. The van der Waals surface area contributed by atoms with E-state index in [1.165, 1.54) is 34.0 Å². The Morgan fingerprint density at radius 3 is 2.76 bits per heavy atom. The monoisotopic (exact) mass is 568 g/mol. The minimum Gasteiger partial charge on any atom is -0.493 e. The minimum atomic E-state index is -4.53. The number of unbranched alkanes of at least 4 members (excludes halogenated alkanes) is 1. The molecule has 0 saturated carbocycles. The highest BCUT2D eigenvalue weighted by Crippen LogP contribution is 2.39. The molecule has 1 aliphatic rings. The number of halogens is 3. The maximum absolute atomic E-state index is 13.8. The molecule has 198 valence electrons. The Morgan fingerprint density at radius 2 is 2.00 bits per heavy atom. The maximum Gasteiger partial charge on any atom is 0.420 e. The molecule has 2 aromatic heterocycles. The molecule has 0 radical (unpaired) electrons. The quantitative estimate of drug-likeness (QED) is 0.176. The fourth-order valence-corrected chi connectivity index (χ4v) is 6.34. The third-order valence-electron chi connectivity index (χ3n) is 5.40. The number of rotatable bonds is 12. The second-order valence-corrected chi connectivity index (χ2v) is 11.4. The molecule has 0 amide bonds. The van der Waals surface area contributed by atoms with Gasteiger partial charge < -0.3 is 20.1 Å². The number of ether oxygens (including phenoxy) is 2. The molecule has 3 heterocycles. The van der Waals surface area contributed by atoms with Crippen molar-refractivity contribution in [1.82, 2.24) is 5.32 Å². The normalized spacial score (nSPS) is 15.2. The summed E-state index contributed by atoms with van der Waals surface area (Å²) in [6.07, 6.45) is -1.89. The first kappa shape index (κ1) is 27.4. The van der Waals surface area contributed by atoms with E-state index < -0.39 is 11.7 Å². The molecule has 0 spiro atoms. The van der Waals surface area contributed by atoms with Gasteiger partial charge in [-0.3, -0.25) is 4.79 Å². The lowest BCUT2D eigenvalue weighted by molar-refractivity contribution is -0.142. The second kappa shape index (κ2) is 12.7. The van der Waals surface area contributed by atoms with Gasteiger partial charge >= 0.3 is 12.1 Å². The Bertz CT molecular complexity index is 1210. The minimum absolute atomic E-state index is 0.160. The van der Waals surface area contributed by atoms with Crippen molar-refractivity contribution < 1.29 is 27.4 Å². The fraction of sp³-hybridized carbons (Fsp3) is 0.346. The second-order valence-electron chi connectivity index (χ2n) is 8.18. The first-order valence-corrected chi connectivity index (χ1v) is 14.5. The van der Waals surface area contributed by atoms with Crippen molar-refractivity contribution in [3.05, 3.63) is 73.4 Å².